The molecule has 21 heavy (non-hydrogen) atoms. The van der Waals surface area contributed by atoms with Crippen LogP contribution in [0.4, 0.5) is 0 Å². The monoisotopic (exact) mass is 288 g/mol. The van der Waals surface area contributed by atoms with Gasteiger partial charge in [-0.3, -0.25) is 4.79 Å². The van der Waals surface area contributed by atoms with Crippen molar-refractivity contribution in [2.24, 2.45) is 5.73 Å². The smallest absolute Gasteiger partial charge is 0.223 e. The van der Waals surface area contributed by atoms with Gasteiger partial charge in [-0.2, -0.15) is 0 Å². The molecule has 1 aromatic rings. The van der Waals surface area contributed by atoms with E-state index in [1.54, 1.807) is 0 Å². The Morgan fingerprint density at radius 2 is 2.05 bits per heavy atom. The van der Waals surface area contributed by atoms with E-state index in [1.165, 1.54) is 5.56 Å². The van der Waals surface area contributed by atoms with Crippen LogP contribution in [-0.4, -0.2) is 29.0 Å². The van der Waals surface area contributed by atoms with E-state index in [0.717, 1.165) is 30.8 Å². The molecule has 114 valence electrons. The molecule has 0 aromatic heterocycles. The van der Waals surface area contributed by atoms with Crippen molar-refractivity contribution in [2.75, 3.05) is 6.61 Å². The fourth-order valence-corrected chi connectivity index (χ4v) is 3.49. The maximum Gasteiger partial charge on any atom is 0.223 e. The number of fused-ring (bicyclic) bond motifs is 1. The van der Waals surface area contributed by atoms with E-state index in [9.17, 15) is 4.79 Å². The summed E-state index contributed by atoms with van der Waals surface area (Å²) in [6, 6.07) is 6.19. The van der Waals surface area contributed by atoms with Gasteiger partial charge in [-0.25, -0.2) is 0 Å². The molecular formula is C17H24N2O2. The van der Waals surface area contributed by atoms with Gasteiger partial charge in [0.15, 0.2) is 0 Å². The fraction of sp³-hybridized carbons (Fsp3) is 0.588. The van der Waals surface area contributed by atoms with Crippen molar-refractivity contribution in [2.45, 2.75) is 57.7 Å². The molecule has 1 saturated heterocycles. The SMILES string of the molecule is CC(C)(C)N1C(=O)CCC(N)C1c1ccc2c(c1)CCO2. The van der Waals surface area contributed by atoms with Crippen LogP contribution in [-0.2, 0) is 11.2 Å². The van der Waals surface area contributed by atoms with Crippen LogP contribution in [0, 0.1) is 0 Å². The number of nitrogens with two attached hydrogens (primary N) is 1. The van der Waals surface area contributed by atoms with Gasteiger partial charge in [-0.05, 0) is 50.5 Å². The van der Waals surface area contributed by atoms with Crippen LogP contribution >= 0.6 is 0 Å². The minimum atomic E-state index is -0.227. The maximum absolute atomic E-state index is 12.4. The Kier molecular flexibility index (Phi) is 3.44. The maximum atomic E-state index is 12.4. The van der Waals surface area contributed by atoms with Crippen molar-refractivity contribution in [1.82, 2.24) is 4.90 Å². The van der Waals surface area contributed by atoms with E-state index in [0.29, 0.717) is 6.42 Å². The number of amides is 1. The molecule has 2 unspecified atom stereocenters. The number of benzene rings is 1. The number of ether oxygens (including phenoxy) is 1. The molecule has 0 bridgehead atoms. The molecule has 0 aliphatic carbocycles. The molecule has 2 atom stereocenters. The summed E-state index contributed by atoms with van der Waals surface area (Å²) in [5.41, 5.74) is 8.52. The van der Waals surface area contributed by atoms with E-state index in [4.69, 9.17) is 10.5 Å². The zero-order valence-corrected chi connectivity index (χ0v) is 13.1. The Bertz CT molecular complexity index is 562. The highest BCUT2D eigenvalue weighted by Gasteiger charge is 2.40. The highest BCUT2D eigenvalue weighted by atomic mass is 16.5. The number of carbonyl (C=O) groups is 1. The standard InChI is InChI=1S/C17H24N2O2/c1-17(2,3)19-15(20)7-5-13(18)16(19)12-4-6-14-11(10-12)8-9-21-14/h4,6,10,13,16H,5,7-9,18H2,1-3H3. The minimum absolute atomic E-state index is 0.0118. The van der Waals surface area contributed by atoms with E-state index >= 15 is 0 Å². The molecular weight excluding hydrogens is 264 g/mol. The van der Waals surface area contributed by atoms with Crippen LogP contribution in [0.2, 0.25) is 0 Å². The van der Waals surface area contributed by atoms with Gasteiger partial charge in [0.05, 0.1) is 12.6 Å². The number of hydrogen-bond donors (Lipinski definition) is 1. The van der Waals surface area contributed by atoms with Crippen LogP contribution in [0.1, 0.15) is 50.8 Å². The second kappa shape index (κ2) is 5.02. The highest BCUT2D eigenvalue weighted by Crippen LogP contribution is 2.38. The van der Waals surface area contributed by atoms with E-state index in [-0.39, 0.29) is 23.5 Å². The number of rotatable bonds is 1. The second-order valence-electron chi connectivity index (χ2n) is 7.05. The van der Waals surface area contributed by atoms with Crippen molar-refractivity contribution in [3.63, 3.8) is 0 Å². The van der Waals surface area contributed by atoms with Crippen LogP contribution in [0.3, 0.4) is 0 Å². The Labute approximate surface area is 126 Å². The first kappa shape index (κ1) is 14.4. The van der Waals surface area contributed by atoms with Gasteiger partial charge in [-0.1, -0.05) is 6.07 Å². The Balaban J connectivity index is 2.02. The van der Waals surface area contributed by atoms with Gasteiger partial charge < -0.3 is 15.4 Å². The molecule has 1 amide bonds. The molecule has 4 heteroatoms. The van der Waals surface area contributed by atoms with Crippen molar-refractivity contribution < 1.29 is 9.53 Å². The van der Waals surface area contributed by atoms with Gasteiger partial charge in [0, 0.05) is 24.4 Å². The lowest BCUT2D eigenvalue weighted by molar-refractivity contribution is -0.144. The summed E-state index contributed by atoms with van der Waals surface area (Å²) in [4.78, 5) is 14.4. The third-order valence-electron chi connectivity index (χ3n) is 4.42. The van der Waals surface area contributed by atoms with Gasteiger partial charge in [0.1, 0.15) is 5.75 Å². The fourth-order valence-electron chi connectivity index (χ4n) is 3.49. The van der Waals surface area contributed by atoms with Crippen molar-refractivity contribution in [3.05, 3.63) is 29.3 Å². The zero-order valence-electron chi connectivity index (χ0n) is 13.1. The minimum Gasteiger partial charge on any atom is -0.493 e. The topological polar surface area (TPSA) is 55.6 Å². The summed E-state index contributed by atoms with van der Waals surface area (Å²) >= 11 is 0. The van der Waals surface area contributed by atoms with E-state index < -0.39 is 0 Å². The predicted molar refractivity (Wildman–Crippen MR) is 82.2 cm³/mol. The summed E-state index contributed by atoms with van der Waals surface area (Å²) < 4.78 is 5.57. The van der Waals surface area contributed by atoms with Crippen molar-refractivity contribution in [3.8, 4) is 5.75 Å². The van der Waals surface area contributed by atoms with E-state index in [1.807, 2.05) is 11.0 Å². The predicted octanol–water partition coefficient (Wildman–Crippen LogP) is 2.41. The molecule has 0 saturated carbocycles. The van der Waals surface area contributed by atoms with Gasteiger partial charge in [-0.15, -0.1) is 0 Å². The zero-order chi connectivity index (χ0) is 15.2. The normalized spacial score (nSPS) is 25.7. The molecule has 4 nitrogen and oxygen atoms in total. The quantitative estimate of drug-likeness (QED) is 0.863. The lowest BCUT2D eigenvalue weighted by Gasteiger charge is -2.47. The summed E-state index contributed by atoms with van der Waals surface area (Å²) in [5, 5.41) is 0. The van der Waals surface area contributed by atoms with Gasteiger partial charge >= 0.3 is 0 Å². The Morgan fingerprint density at radius 3 is 2.76 bits per heavy atom. The van der Waals surface area contributed by atoms with E-state index in [2.05, 4.69) is 32.9 Å². The molecule has 2 N–H and O–H groups in total. The molecule has 2 aliphatic heterocycles. The number of piperidine rings is 1. The third kappa shape index (κ3) is 2.53. The highest BCUT2D eigenvalue weighted by molar-refractivity contribution is 5.78. The molecule has 0 radical (unpaired) electrons. The Morgan fingerprint density at radius 1 is 1.29 bits per heavy atom. The average Bonchev–Trinajstić information content (AvgIpc) is 2.86. The second-order valence-corrected chi connectivity index (χ2v) is 7.05. The largest absolute Gasteiger partial charge is 0.493 e. The number of carbonyl (C=O) groups excluding carboxylic acids is 1. The first-order chi connectivity index (χ1) is 9.88. The molecule has 1 aromatic carbocycles. The average molecular weight is 288 g/mol. The van der Waals surface area contributed by atoms with Crippen LogP contribution in [0.15, 0.2) is 18.2 Å². The molecule has 3 rings (SSSR count). The molecule has 0 spiro atoms. The summed E-state index contributed by atoms with van der Waals surface area (Å²) in [6.45, 7) is 6.97. The number of hydrogen-bond acceptors (Lipinski definition) is 3. The van der Waals surface area contributed by atoms with Crippen molar-refractivity contribution in [1.29, 1.82) is 0 Å². The lowest BCUT2D eigenvalue weighted by Crippen LogP contribution is -2.56. The number of likely N-dealkylation sites (tertiary alicyclic amines) is 1. The van der Waals surface area contributed by atoms with Crippen LogP contribution in [0.5, 0.6) is 5.75 Å². The molecule has 2 aliphatic rings. The lowest BCUT2D eigenvalue weighted by atomic mass is 9.86. The third-order valence-corrected chi connectivity index (χ3v) is 4.42. The summed E-state index contributed by atoms with van der Waals surface area (Å²) in [7, 11) is 0. The van der Waals surface area contributed by atoms with Gasteiger partial charge in [0.2, 0.25) is 5.91 Å². The first-order valence-corrected chi connectivity index (χ1v) is 7.71. The van der Waals surface area contributed by atoms with Gasteiger partial charge in [0.25, 0.3) is 0 Å². The Hall–Kier alpha value is -1.55. The summed E-state index contributed by atoms with van der Waals surface area (Å²) in [5.74, 6) is 1.17. The van der Waals surface area contributed by atoms with Crippen LogP contribution in [0.25, 0.3) is 0 Å². The van der Waals surface area contributed by atoms with Crippen molar-refractivity contribution >= 4 is 5.91 Å². The first-order valence-electron chi connectivity index (χ1n) is 7.71. The summed E-state index contributed by atoms with van der Waals surface area (Å²) in [6.07, 6.45) is 2.24. The molecule has 1 fully saturated rings. The molecule has 2 heterocycles. The van der Waals surface area contributed by atoms with Crippen LogP contribution < -0.4 is 10.5 Å². The number of nitrogens with zero attached hydrogens (tertiary/aromatic N) is 1.